The van der Waals surface area contributed by atoms with E-state index >= 15 is 0 Å². The Morgan fingerprint density at radius 1 is 1.32 bits per heavy atom. The molecule has 0 bridgehead atoms. The van der Waals surface area contributed by atoms with Gasteiger partial charge < -0.3 is 5.32 Å². The van der Waals surface area contributed by atoms with Gasteiger partial charge in [0.15, 0.2) is 5.65 Å². The summed E-state index contributed by atoms with van der Waals surface area (Å²) >= 11 is 0. The summed E-state index contributed by atoms with van der Waals surface area (Å²) in [4.78, 5) is 28.0. The van der Waals surface area contributed by atoms with Crippen molar-refractivity contribution in [2.24, 2.45) is 0 Å². The van der Waals surface area contributed by atoms with Crippen molar-refractivity contribution in [3.8, 4) is 0 Å². The summed E-state index contributed by atoms with van der Waals surface area (Å²) in [6.45, 7) is 1.61. The van der Waals surface area contributed by atoms with E-state index in [0.717, 1.165) is 22.7 Å². The summed E-state index contributed by atoms with van der Waals surface area (Å²) in [5, 5.41) is 4.84. The lowest BCUT2D eigenvalue weighted by atomic mass is 10.2. The number of hydrogen-bond donors (Lipinski definition) is 2. The maximum absolute atomic E-state index is 13.6. The number of halogens is 2. The fourth-order valence-electron chi connectivity index (χ4n) is 2.05. The van der Waals surface area contributed by atoms with Gasteiger partial charge in [0.1, 0.15) is 17.2 Å². The number of aryl methyl sites for hydroxylation is 1. The molecule has 8 heteroatoms. The zero-order valence-corrected chi connectivity index (χ0v) is 11.4. The molecular formula is C14H10F2N4O2. The van der Waals surface area contributed by atoms with Crippen molar-refractivity contribution in [2.45, 2.75) is 6.92 Å². The SMILES string of the molecule is Cc1cc(=O)n2[nH]cc(C(=O)Nc3cc(F)ccc3F)c2n1. The lowest BCUT2D eigenvalue weighted by Gasteiger charge is -2.05. The largest absolute Gasteiger partial charge is 0.319 e. The molecule has 6 nitrogen and oxygen atoms in total. The Morgan fingerprint density at radius 3 is 2.86 bits per heavy atom. The van der Waals surface area contributed by atoms with Crippen LogP contribution in [0.2, 0.25) is 0 Å². The highest BCUT2D eigenvalue weighted by Crippen LogP contribution is 2.17. The number of benzene rings is 1. The molecule has 0 atom stereocenters. The zero-order valence-electron chi connectivity index (χ0n) is 11.4. The zero-order chi connectivity index (χ0) is 15.9. The highest BCUT2D eigenvalue weighted by atomic mass is 19.1. The Bertz CT molecular complexity index is 946. The Kier molecular flexibility index (Phi) is 3.21. The third-order valence-corrected chi connectivity index (χ3v) is 3.05. The van der Waals surface area contributed by atoms with E-state index in [2.05, 4.69) is 15.4 Å². The van der Waals surface area contributed by atoms with E-state index in [1.807, 2.05) is 0 Å². The minimum absolute atomic E-state index is 0.0458. The summed E-state index contributed by atoms with van der Waals surface area (Å²) in [6, 6.07) is 4.03. The van der Waals surface area contributed by atoms with Crippen LogP contribution < -0.4 is 10.9 Å². The van der Waals surface area contributed by atoms with Crippen LogP contribution in [0.3, 0.4) is 0 Å². The number of carbonyl (C=O) groups excluding carboxylic acids is 1. The van der Waals surface area contributed by atoms with Crippen LogP contribution in [-0.4, -0.2) is 20.5 Å². The van der Waals surface area contributed by atoms with Gasteiger partial charge in [0.25, 0.3) is 11.5 Å². The molecule has 1 amide bonds. The molecule has 0 aliphatic heterocycles. The van der Waals surface area contributed by atoms with E-state index < -0.39 is 17.5 Å². The Morgan fingerprint density at radius 2 is 2.09 bits per heavy atom. The fraction of sp³-hybridized carbons (Fsp3) is 0.0714. The molecule has 0 spiro atoms. The van der Waals surface area contributed by atoms with E-state index in [4.69, 9.17) is 0 Å². The van der Waals surface area contributed by atoms with Crippen molar-refractivity contribution >= 4 is 17.2 Å². The van der Waals surface area contributed by atoms with Crippen LogP contribution in [-0.2, 0) is 0 Å². The average molecular weight is 304 g/mol. The first-order chi connectivity index (χ1) is 10.5. The summed E-state index contributed by atoms with van der Waals surface area (Å²) in [6.07, 6.45) is 1.27. The summed E-state index contributed by atoms with van der Waals surface area (Å²) in [7, 11) is 0. The molecule has 1 aromatic carbocycles. The van der Waals surface area contributed by atoms with Crippen LogP contribution >= 0.6 is 0 Å². The predicted molar refractivity (Wildman–Crippen MR) is 74.9 cm³/mol. The molecule has 112 valence electrons. The standard InChI is InChI=1S/C14H10F2N4O2/c1-7-4-12(21)20-13(18-7)9(6-17-20)14(22)19-11-5-8(15)2-3-10(11)16/h2-6,17H,1H3,(H,19,22). The highest BCUT2D eigenvalue weighted by molar-refractivity contribution is 6.08. The molecule has 0 aliphatic carbocycles. The second-order valence-electron chi connectivity index (χ2n) is 4.66. The first-order valence-electron chi connectivity index (χ1n) is 6.30. The summed E-state index contributed by atoms with van der Waals surface area (Å²) < 4.78 is 27.8. The van der Waals surface area contributed by atoms with Crippen molar-refractivity contribution < 1.29 is 13.6 Å². The number of aromatic amines is 1. The molecule has 3 rings (SSSR count). The molecule has 22 heavy (non-hydrogen) atoms. The molecule has 0 saturated carbocycles. The Hall–Kier alpha value is -3.03. The van der Waals surface area contributed by atoms with Gasteiger partial charge >= 0.3 is 0 Å². The lowest BCUT2D eigenvalue weighted by Crippen LogP contribution is -2.17. The van der Waals surface area contributed by atoms with E-state index in [9.17, 15) is 18.4 Å². The normalized spacial score (nSPS) is 10.9. The van der Waals surface area contributed by atoms with Crippen LogP contribution in [0.15, 0.2) is 35.3 Å². The van der Waals surface area contributed by atoms with Gasteiger partial charge in [-0.25, -0.2) is 18.3 Å². The van der Waals surface area contributed by atoms with Crippen molar-refractivity contribution in [3.05, 3.63) is 63.7 Å². The van der Waals surface area contributed by atoms with Crippen molar-refractivity contribution in [3.63, 3.8) is 0 Å². The van der Waals surface area contributed by atoms with Gasteiger partial charge in [0, 0.05) is 24.0 Å². The van der Waals surface area contributed by atoms with E-state index in [1.54, 1.807) is 6.92 Å². The number of rotatable bonds is 2. The number of nitrogens with zero attached hydrogens (tertiary/aromatic N) is 2. The molecular weight excluding hydrogens is 294 g/mol. The second-order valence-corrected chi connectivity index (χ2v) is 4.66. The first kappa shape index (κ1) is 13.9. The third-order valence-electron chi connectivity index (χ3n) is 3.05. The Labute approximate surface area is 122 Å². The van der Waals surface area contributed by atoms with Crippen molar-refractivity contribution in [2.75, 3.05) is 5.32 Å². The maximum atomic E-state index is 13.6. The summed E-state index contributed by atoms with van der Waals surface area (Å²) in [5.41, 5.74) is -0.0720. The van der Waals surface area contributed by atoms with Crippen LogP contribution in [0.25, 0.3) is 5.65 Å². The maximum Gasteiger partial charge on any atom is 0.272 e. The minimum atomic E-state index is -0.768. The molecule has 2 heterocycles. The second kappa shape index (κ2) is 5.06. The third kappa shape index (κ3) is 2.34. The van der Waals surface area contributed by atoms with Crippen LogP contribution in [0.5, 0.6) is 0 Å². The average Bonchev–Trinajstić information content (AvgIpc) is 2.87. The number of aromatic nitrogens is 3. The van der Waals surface area contributed by atoms with Crippen LogP contribution in [0.4, 0.5) is 14.5 Å². The molecule has 2 N–H and O–H groups in total. The topological polar surface area (TPSA) is 79.3 Å². The summed E-state index contributed by atoms with van der Waals surface area (Å²) in [5.74, 6) is -2.16. The molecule has 3 aromatic rings. The number of amides is 1. The van der Waals surface area contributed by atoms with Gasteiger partial charge in [-0.15, -0.1) is 0 Å². The van der Waals surface area contributed by atoms with E-state index in [0.29, 0.717) is 5.69 Å². The minimum Gasteiger partial charge on any atom is -0.319 e. The fourth-order valence-corrected chi connectivity index (χ4v) is 2.05. The van der Waals surface area contributed by atoms with Gasteiger partial charge in [-0.05, 0) is 19.1 Å². The number of carbonyl (C=O) groups is 1. The molecule has 0 unspecified atom stereocenters. The predicted octanol–water partition coefficient (Wildman–Crippen LogP) is 1.86. The quantitative estimate of drug-likeness (QED) is 0.758. The van der Waals surface area contributed by atoms with Gasteiger partial charge in [0.2, 0.25) is 0 Å². The van der Waals surface area contributed by atoms with Crippen LogP contribution in [0.1, 0.15) is 16.1 Å². The van der Waals surface area contributed by atoms with Gasteiger partial charge in [0.05, 0.1) is 5.69 Å². The number of nitrogens with one attached hydrogen (secondary N) is 2. The molecule has 0 radical (unpaired) electrons. The van der Waals surface area contributed by atoms with E-state index in [-0.39, 0.29) is 22.5 Å². The monoisotopic (exact) mass is 304 g/mol. The van der Waals surface area contributed by atoms with Gasteiger partial charge in [-0.3, -0.25) is 14.7 Å². The number of anilines is 1. The first-order valence-corrected chi connectivity index (χ1v) is 6.30. The van der Waals surface area contributed by atoms with Gasteiger partial charge in [-0.1, -0.05) is 0 Å². The van der Waals surface area contributed by atoms with Crippen molar-refractivity contribution in [1.82, 2.24) is 14.6 Å². The smallest absolute Gasteiger partial charge is 0.272 e. The molecule has 0 aliphatic rings. The molecule has 2 aromatic heterocycles. The molecule has 0 fully saturated rings. The van der Waals surface area contributed by atoms with Crippen LogP contribution in [0, 0.1) is 18.6 Å². The van der Waals surface area contributed by atoms with Crippen molar-refractivity contribution in [1.29, 1.82) is 0 Å². The number of hydrogen-bond acceptors (Lipinski definition) is 3. The van der Waals surface area contributed by atoms with E-state index in [1.165, 1.54) is 12.3 Å². The van der Waals surface area contributed by atoms with Gasteiger partial charge in [-0.2, -0.15) is 0 Å². The Balaban J connectivity index is 2.03. The highest BCUT2D eigenvalue weighted by Gasteiger charge is 2.16. The number of H-pyrrole nitrogens is 1. The molecule has 0 saturated heterocycles. The lowest BCUT2D eigenvalue weighted by molar-refractivity contribution is 0.102. The number of fused-ring (bicyclic) bond motifs is 1.